The molecule has 5 nitrogen and oxygen atoms in total. The minimum atomic E-state index is -0.475. The number of methoxy groups -OCH3 is 1. The van der Waals surface area contributed by atoms with Gasteiger partial charge in [-0.2, -0.15) is 0 Å². The molecule has 0 aliphatic rings. The van der Waals surface area contributed by atoms with Crippen molar-refractivity contribution in [2.24, 2.45) is 0 Å². The van der Waals surface area contributed by atoms with Crippen LogP contribution in [0.5, 0.6) is 5.75 Å². The molecule has 0 aliphatic heterocycles. The molecule has 0 saturated carbocycles. The summed E-state index contributed by atoms with van der Waals surface area (Å²) in [5, 5.41) is 2.60. The first-order valence-corrected chi connectivity index (χ1v) is 7.86. The van der Waals surface area contributed by atoms with Gasteiger partial charge in [-0.05, 0) is 23.3 Å². The van der Waals surface area contributed by atoms with E-state index >= 15 is 0 Å². The number of hydrogen-bond donors (Lipinski definition) is 1. The SMILES string of the molecule is COc1ccc(CN(C)C(=O)CNC(=O)Cc2ccccc2)cc1F. The van der Waals surface area contributed by atoms with E-state index < -0.39 is 5.82 Å². The van der Waals surface area contributed by atoms with Gasteiger partial charge in [0.25, 0.3) is 0 Å². The second kappa shape index (κ2) is 8.82. The highest BCUT2D eigenvalue weighted by Gasteiger charge is 2.12. The van der Waals surface area contributed by atoms with Crippen molar-refractivity contribution in [1.82, 2.24) is 10.2 Å². The van der Waals surface area contributed by atoms with Crippen molar-refractivity contribution in [3.63, 3.8) is 0 Å². The molecule has 6 heteroatoms. The molecular weight excluding hydrogens is 323 g/mol. The second-order valence-corrected chi connectivity index (χ2v) is 5.66. The topological polar surface area (TPSA) is 58.6 Å². The highest BCUT2D eigenvalue weighted by atomic mass is 19.1. The molecule has 25 heavy (non-hydrogen) atoms. The minimum Gasteiger partial charge on any atom is -0.494 e. The maximum Gasteiger partial charge on any atom is 0.242 e. The molecule has 1 N–H and O–H groups in total. The van der Waals surface area contributed by atoms with Crippen molar-refractivity contribution < 1.29 is 18.7 Å². The van der Waals surface area contributed by atoms with Crippen LogP contribution in [-0.2, 0) is 22.6 Å². The summed E-state index contributed by atoms with van der Waals surface area (Å²) in [5.74, 6) is -0.788. The van der Waals surface area contributed by atoms with E-state index in [0.29, 0.717) is 5.56 Å². The smallest absolute Gasteiger partial charge is 0.242 e. The Bertz CT molecular complexity index is 735. The van der Waals surface area contributed by atoms with E-state index in [1.165, 1.54) is 24.1 Å². The molecule has 0 saturated heterocycles. The predicted octanol–water partition coefficient (Wildman–Crippen LogP) is 2.15. The van der Waals surface area contributed by atoms with Gasteiger partial charge in [-0.3, -0.25) is 9.59 Å². The molecule has 2 aromatic rings. The average Bonchev–Trinajstić information content (AvgIpc) is 2.60. The molecule has 0 aromatic heterocycles. The van der Waals surface area contributed by atoms with Crippen molar-refractivity contribution in [3.8, 4) is 5.75 Å². The lowest BCUT2D eigenvalue weighted by atomic mass is 10.1. The van der Waals surface area contributed by atoms with Crippen LogP contribution in [-0.4, -0.2) is 37.4 Å². The lowest BCUT2D eigenvalue weighted by Crippen LogP contribution is -2.38. The van der Waals surface area contributed by atoms with Crippen molar-refractivity contribution in [1.29, 1.82) is 0 Å². The second-order valence-electron chi connectivity index (χ2n) is 5.66. The fraction of sp³-hybridized carbons (Fsp3) is 0.263. The molecule has 132 valence electrons. The zero-order valence-corrected chi connectivity index (χ0v) is 14.3. The van der Waals surface area contributed by atoms with E-state index in [1.54, 1.807) is 13.1 Å². The third-order valence-corrected chi connectivity index (χ3v) is 3.71. The quantitative estimate of drug-likeness (QED) is 0.837. The van der Waals surface area contributed by atoms with Crippen LogP contribution in [0.4, 0.5) is 4.39 Å². The van der Waals surface area contributed by atoms with Gasteiger partial charge in [0.1, 0.15) is 0 Å². The van der Waals surface area contributed by atoms with Gasteiger partial charge < -0.3 is 15.0 Å². The number of carbonyl (C=O) groups excluding carboxylic acids is 2. The standard InChI is InChI=1S/C19H21FN2O3/c1-22(13-15-8-9-17(25-2)16(20)10-15)19(24)12-21-18(23)11-14-6-4-3-5-7-14/h3-10H,11-13H2,1-2H3,(H,21,23). The maximum absolute atomic E-state index is 13.7. The third-order valence-electron chi connectivity index (χ3n) is 3.71. The Morgan fingerprint density at radius 3 is 2.48 bits per heavy atom. The van der Waals surface area contributed by atoms with Crippen LogP contribution < -0.4 is 10.1 Å². The van der Waals surface area contributed by atoms with Crippen LogP contribution in [0.1, 0.15) is 11.1 Å². The number of nitrogens with one attached hydrogen (secondary N) is 1. The Hall–Kier alpha value is -2.89. The molecule has 0 fully saturated rings. The van der Waals surface area contributed by atoms with E-state index in [9.17, 15) is 14.0 Å². The lowest BCUT2D eigenvalue weighted by Gasteiger charge is -2.18. The largest absolute Gasteiger partial charge is 0.494 e. The van der Waals surface area contributed by atoms with E-state index in [-0.39, 0.29) is 37.1 Å². The Morgan fingerprint density at radius 1 is 1.12 bits per heavy atom. The molecular formula is C19H21FN2O3. The summed E-state index contributed by atoms with van der Waals surface area (Å²) in [6.45, 7) is 0.148. The van der Waals surface area contributed by atoms with Gasteiger partial charge in [-0.1, -0.05) is 36.4 Å². The number of halogens is 1. The predicted molar refractivity (Wildman–Crippen MR) is 92.6 cm³/mol. The van der Waals surface area contributed by atoms with Gasteiger partial charge in [-0.15, -0.1) is 0 Å². The van der Waals surface area contributed by atoms with E-state index in [2.05, 4.69) is 5.32 Å². The zero-order chi connectivity index (χ0) is 18.2. The van der Waals surface area contributed by atoms with Crippen molar-refractivity contribution in [2.45, 2.75) is 13.0 Å². The van der Waals surface area contributed by atoms with Gasteiger partial charge in [0.05, 0.1) is 20.1 Å². The lowest BCUT2D eigenvalue weighted by molar-refractivity contribution is -0.132. The summed E-state index contributed by atoms with van der Waals surface area (Å²) < 4.78 is 18.5. The minimum absolute atomic E-state index is 0.0964. The van der Waals surface area contributed by atoms with Crippen LogP contribution in [0.2, 0.25) is 0 Å². The van der Waals surface area contributed by atoms with E-state index in [1.807, 2.05) is 30.3 Å². The molecule has 0 heterocycles. The van der Waals surface area contributed by atoms with E-state index in [4.69, 9.17) is 4.74 Å². The normalized spacial score (nSPS) is 10.2. The molecule has 2 aromatic carbocycles. The number of nitrogens with zero attached hydrogens (tertiary/aromatic N) is 1. The molecule has 2 amide bonds. The Labute approximate surface area is 146 Å². The number of likely N-dealkylation sites (N-methyl/N-ethyl adjacent to an activating group) is 1. The molecule has 0 atom stereocenters. The Kier molecular flexibility index (Phi) is 6.51. The van der Waals surface area contributed by atoms with Gasteiger partial charge in [0, 0.05) is 13.6 Å². The monoisotopic (exact) mass is 344 g/mol. The van der Waals surface area contributed by atoms with Crippen LogP contribution >= 0.6 is 0 Å². The summed E-state index contributed by atoms with van der Waals surface area (Å²) in [6.07, 6.45) is 0.224. The van der Waals surface area contributed by atoms with Crippen LogP contribution in [0, 0.1) is 5.82 Å². The van der Waals surface area contributed by atoms with Gasteiger partial charge in [-0.25, -0.2) is 4.39 Å². The molecule has 0 aliphatic carbocycles. The number of rotatable bonds is 7. The molecule has 0 unspecified atom stereocenters. The fourth-order valence-electron chi connectivity index (χ4n) is 2.32. The van der Waals surface area contributed by atoms with Gasteiger partial charge in [0.2, 0.25) is 11.8 Å². The number of carbonyl (C=O) groups is 2. The molecule has 2 rings (SSSR count). The summed E-state index contributed by atoms with van der Waals surface area (Å²) in [5.41, 5.74) is 1.53. The highest BCUT2D eigenvalue weighted by Crippen LogP contribution is 2.18. The van der Waals surface area contributed by atoms with Crippen LogP contribution in [0.3, 0.4) is 0 Å². The first kappa shape index (κ1) is 18.4. The van der Waals surface area contributed by atoms with Crippen molar-refractivity contribution in [2.75, 3.05) is 20.7 Å². The van der Waals surface area contributed by atoms with Crippen LogP contribution in [0.15, 0.2) is 48.5 Å². The summed E-state index contributed by atoms with van der Waals surface area (Å²) in [4.78, 5) is 25.4. The Morgan fingerprint density at radius 2 is 1.84 bits per heavy atom. The highest BCUT2D eigenvalue weighted by molar-refractivity contribution is 5.85. The first-order valence-electron chi connectivity index (χ1n) is 7.86. The van der Waals surface area contributed by atoms with E-state index in [0.717, 1.165) is 5.56 Å². The number of amides is 2. The number of hydrogen-bond acceptors (Lipinski definition) is 3. The maximum atomic E-state index is 13.7. The molecule has 0 spiro atoms. The van der Waals surface area contributed by atoms with Gasteiger partial charge in [0.15, 0.2) is 11.6 Å². The van der Waals surface area contributed by atoms with Gasteiger partial charge >= 0.3 is 0 Å². The number of benzene rings is 2. The number of ether oxygens (including phenoxy) is 1. The van der Waals surface area contributed by atoms with Crippen molar-refractivity contribution in [3.05, 3.63) is 65.5 Å². The van der Waals surface area contributed by atoms with Crippen LogP contribution in [0.25, 0.3) is 0 Å². The summed E-state index contributed by atoms with van der Waals surface area (Å²) in [6, 6.07) is 13.8. The summed E-state index contributed by atoms with van der Waals surface area (Å²) >= 11 is 0. The average molecular weight is 344 g/mol. The fourth-order valence-corrected chi connectivity index (χ4v) is 2.32. The zero-order valence-electron chi connectivity index (χ0n) is 14.3. The molecule has 0 bridgehead atoms. The van der Waals surface area contributed by atoms with Crippen molar-refractivity contribution >= 4 is 11.8 Å². The Balaban J connectivity index is 1.81. The first-order chi connectivity index (χ1) is 12.0. The molecule has 0 radical (unpaired) electrons. The summed E-state index contributed by atoms with van der Waals surface area (Å²) in [7, 11) is 3.00. The third kappa shape index (κ3) is 5.60.